The predicted octanol–water partition coefficient (Wildman–Crippen LogP) is 4.48. The lowest BCUT2D eigenvalue weighted by atomic mass is 9.95. The smallest absolute Gasteiger partial charge is 0.161 e. The van der Waals surface area contributed by atoms with Crippen LogP contribution in [0.2, 0.25) is 0 Å². The quantitative estimate of drug-likeness (QED) is 0.439. The molecule has 2 saturated heterocycles. The van der Waals surface area contributed by atoms with Crippen LogP contribution in [0.25, 0.3) is 22.3 Å². The molecule has 0 saturated carbocycles. The molecule has 0 spiro atoms. The highest BCUT2D eigenvalue weighted by Crippen LogP contribution is 2.43. The minimum atomic E-state index is 0.203. The molecule has 2 unspecified atom stereocenters. The first-order valence-electron chi connectivity index (χ1n) is 10.2. The Balaban J connectivity index is 1.35. The van der Waals surface area contributed by atoms with E-state index in [0.717, 1.165) is 36.7 Å². The molecule has 0 radical (unpaired) electrons. The zero-order chi connectivity index (χ0) is 19.2. The van der Waals surface area contributed by atoms with Gasteiger partial charge >= 0.3 is 0 Å². The van der Waals surface area contributed by atoms with Gasteiger partial charge in [-0.15, -0.1) is 0 Å². The summed E-state index contributed by atoms with van der Waals surface area (Å²) in [5, 5.41) is 0. The molecule has 29 heavy (non-hydrogen) atoms. The van der Waals surface area contributed by atoms with Crippen LogP contribution in [0.3, 0.4) is 0 Å². The van der Waals surface area contributed by atoms with E-state index in [1.807, 2.05) is 6.07 Å². The Hall–Kier alpha value is -2.82. The van der Waals surface area contributed by atoms with Crippen LogP contribution in [0.15, 0.2) is 60.7 Å². The first-order chi connectivity index (χ1) is 14.3. The molecule has 4 heteroatoms. The molecule has 2 atom stereocenters. The Morgan fingerprint density at radius 3 is 2.21 bits per heavy atom. The van der Waals surface area contributed by atoms with Gasteiger partial charge in [-0.2, -0.15) is 0 Å². The molecule has 3 aromatic carbocycles. The zero-order valence-corrected chi connectivity index (χ0v) is 16.1. The fourth-order valence-electron chi connectivity index (χ4n) is 4.03. The van der Waals surface area contributed by atoms with Gasteiger partial charge in [0.1, 0.15) is 25.4 Å². The van der Waals surface area contributed by atoms with Crippen molar-refractivity contribution >= 4 is 0 Å². The monoisotopic (exact) mass is 386 g/mol. The maximum atomic E-state index is 6.07. The third-order valence-corrected chi connectivity index (χ3v) is 5.76. The molecular weight excluding hydrogens is 364 g/mol. The van der Waals surface area contributed by atoms with Crippen molar-refractivity contribution in [1.82, 2.24) is 0 Å². The average molecular weight is 386 g/mol. The minimum absolute atomic E-state index is 0.203. The van der Waals surface area contributed by atoms with Gasteiger partial charge in [0.15, 0.2) is 11.5 Å². The van der Waals surface area contributed by atoms with Crippen molar-refractivity contribution in [2.75, 3.05) is 26.4 Å². The molecule has 3 aliphatic rings. The minimum Gasteiger partial charge on any atom is -0.487 e. The second-order valence-corrected chi connectivity index (χ2v) is 7.86. The summed E-state index contributed by atoms with van der Waals surface area (Å²) in [6.07, 6.45) is 1.38. The Morgan fingerprint density at radius 2 is 1.41 bits per heavy atom. The third-order valence-electron chi connectivity index (χ3n) is 5.76. The average Bonchev–Trinajstić information content (AvgIpc) is 3.68. The summed E-state index contributed by atoms with van der Waals surface area (Å²) in [4.78, 5) is 0. The van der Waals surface area contributed by atoms with Crippen molar-refractivity contribution in [1.29, 1.82) is 0 Å². The SMILES string of the molecule is c1ccc2c(c1)Cc1c(-c3ccc(OCC4CO4)c(OCC4CO4)c3)cccc1-2. The van der Waals surface area contributed by atoms with Crippen molar-refractivity contribution in [2.24, 2.45) is 0 Å². The van der Waals surface area contributed by atoms with E-state index in [9.17, 15) is 0 Å². The van der Waals surface area contributed by atoms with Gasteiger partial charge in [-0.05, 0) is 51.9 Å². The Bertz CT molecular complexity index is 1070. The number of ether oxygens (including phenoxy) is 4. The highest BCUT2D eigenvalue weighted by atomic mass is 16.6. The number of hydrogen-bond acceptors (Lipinski definition) is 4. The van der Waals surface area contributed by atoms with Gasteiger partial charge in [0.2, 0.25) is 0 Å². The van der Waals surface area contributed by atoms with Crippen molar-refractivity contribution in [3.05, 3.63) is 71.8 Å². The normalized spacial score (nSPS) is 20.7. The fourth-order valence-corrected chi connectivity index (χ4v) is 4.03. The van der Waals surface area contributed by atoms with Gasteiger partial charge in [0.05, 0.1) is 13.2 Å². The number of benzene rings is 3. The molecule has 2 heterocycles. The summed E-state index contributed by atoms with van der Waals surface area (Å²) in [6.45, 7) is 2.67. The summed E-state index contributed by atoms with van der Waals surface area (Å²) in [5.41, 5.74) is 7.85. The lowest BCUT2D eigenvalue weighted by Gasteiger charge is -2.15. The molecule has 2 fully saturated rings. The van der Waals surface area contributed by atoms with Gasteiger partial charge in [-0.1, -0.05) is 48.5 Å². The summed E-state index contributed by atoms with van der Waals surface area (Å²) < 4.78 is 22.6. The molecule has 146 valence electrons. The van der Waals surface area contributed by atoms with E-state index in [2.05, 4.69) is 54.6 Å². The fraction of sp³-hybridized carbons (Fsp3) is 0.280. The molecule has 0 aromatic heterocycles. The highest BCUT2D eigenvalue weighted by Gasteiger charge is 2.26. The van der Waals surface area contributed by atoms with Crippen LogP contribution in [-0.4, -0.2) is 38.6 Å². The Labute approximate surface area is 170 Å². The van der Waals surface area contributed by atoms with Gasteiger partial charge in [-0.3, -0.25) is 0 Å². The van der Waals surface area contributed by atoms with Crippen LogP contribution in [-0.2, 0) is 15.9 Å². The van der Waals surface area contributed by atoms with Crippen LogP contribution in [0.1, 0.15) is 11.1 Å². The van der Waals surface area contributed by atoms with Crippen LogP contribution in [0, 0.1) is 0 Å². The highest BCUT2D eigenvalue weighted by molar-refractivity contribution is 5.85. The standard InChI is InChI=1S/C25H22O4/c1-2-5-20-16(4-1)10-23-21(6-3-7-22(20)23)17-8-9-24(28-14-18-12-26-18)25(11-17)29-15-19-13-27-19/h1-9,11,18-19H,10,12-15H2. The number of fused-ring (bicyclic) bond motifs is 3. The topological polar surface area (TPSA) is 43.5 Å². The molecule has 4 nitrogen and oxygen atoms in total. The maximum absolute atomic E-state index is 6.07. The van der Waals surface area contributed by atoms with E-state index in [1.54, 1.807) is 0 Å². The third kappa shape index (κ3) is 3.39. The molecular formula is C25H22O4. The molecule has 0 N–H and O–H groups in total. The van der Waals surface area contributed by atoms with Gasteiger partial charge in [0, 0.05) is 0 Å². The van der Waals surface area contributed by atoms with Crippen molar-refractivity contribution in [2.45, 2.75) is 18.6 Å². The summed E-state index contributed by atoms with van der Waals surface area (Å²) in [7, 11) is 0. The summed E-state index contributed by atoms with van der Waals surface area (Å²) in [5.74, 6) is 1.53. The van der Waals surface area contributed by atoms with Crippen LogP contribution >= 0.6 is 0 Å². The Kier molecular flexibility index (Phi) is 4.06. The van der Waals surface area contributed by atoms with Crippen molar-refractivity contribution in [3.63, 3.8) is 0 Å². The van der Waals surface area contributed by atoms with E-state index in [4.69, 9.17) is 18.9 Å². The van der Waals surface area contributed by atoms with Crippen LogP contribution < -0.4 is 9.47 Å². The second-order valence-electron chi connectivity index (χ2n) is 7.86. The zero-order valence-electron chi connectivity index (χ0n) is 16.1. The molecule has 3 aromatic rings. The molecule has 0 amide bonds. The van der Waals surface area contributed by atoms with E-state index < -0.39 is 0 Å². The van der Waals surface area contributed by atoms with Crippen LogP contribution in [0.5, 0.6) is 11.5 Å². The van der Waals surface area contributed by atoms with E-state index in [0.29, 0.717) is 13.2 Å². The first-order valence-corrected chi connectivity index (χ1v) is 10.2. The van der Waals surface area contributed by atoms with E-state index >= 15 is 0 Å². The lowest BCUT2D eigenvalue weighted by molar-refractivity contribution is 0.228. The molecule has 2 aliphatic heterocycles. The van der Waals surface area contributed by atoms with Gasteiger partial charge < -0.3 is 18.9 Å². The lowest BCUT2D eigenvalue weighted by Crippen LogP contribution is -2.08. The summed E-state index contributed by atoms with van der Waals surface area (Å²) >= 11 is 0. The molecule has 1 aliphatic carbocycles. The number of epoxide rings is 2. The largest absolute Gasteiger partial charge is 0.487 e. The second kappa shape index (κ2) is 6.90. The maximum Gasteiger partial charge on any atom is 0.161 e. The molecule has 6 rings (SSSR count). The van der Waals surface area contributed by atoms with Crippen molar-refractivity contribution < 1.29 is 18.9 Å². The van der Waals surface area contributed by atoms with Crippen molar-refractivity contribution in [3.8, 4) is 33.8 Å². The molecule has 0 bridgehead atoms. The number of rotatable bonds is 7. The van der Waals surface area contributed by atoms with Crippen LogP contribution in [0.4, 0.5) is 0 Å². The number of hydrogen-bond donors (Lipinski definition) is 0. The summed E-state index contributed by atoms with van der Waals surface area (Å²) in [6, 6.07) is 21.5. The van der Waals surface area contributed by atoms with E-state index in [1.165, 1.54) is 27.8 Å². The predicted molar refractivity (Wildman–Crippen MR) is 111 cm³/mol. The van der Waals surface area contributed by atoms with Gasteiger partial charge in [-0.25, -0.2) is 0 Å². The van der Waals surface area contributed by atoms with E-state index in [-0.39, 0.29) is 12.2 Å². The first kappa shape index (κ1) is 17.1. The van der Waals surface area contributed by atoms with Gasteiger partial charge in [0.25, 0.3) is 0 Å². The Morgan fingerprint density at radius 1 is 0.724 bits per heavy atom.